The number of nitrogens with one attached hydrogen (secondary N) is 2. The Kier molecular flexibility index (Phi) is 2.15. The Balaban J connectivity index is 1.98. The Labute approximate surface area is 97.2 Å². The van der Waals surface area contributed by atoms with Gasteiger partial charge in [-0.25, -0.2) is 4.98 Å². The highest BCUT2D eigenvalue weighted by molar-refractivity contribution is 7.08. The maximum atomic E-state index is 4.47. The van der Waals surface area contributed by atoms with Crippen molar-refractivity contribution in [1.82, 2.24) is 9.97 Å². The Morgan fingerprint density at radius 2 is 2.12 bits per heavy atom. The Morgan fingerprint density at radius 3 is 2.88 bits per heavy atom. The van der Waals surface area contributed by atoms with Crippen LogP contribution in [0.15, 0.2) is 35.0 Å². The monoisotopic (exact) mass is 229 g/mol. The van der Waals surface area contributed by atoms with E-state index in [1.165, 1.54) is 5.56 Å². The van der Waals surface area contributed by atoms with Crippen molar-refractivity contribution in [3.05, 3.63) is 40.6 Å². The van der Waals surface area contributed by atoms with Crippen molar-refractivity contribution in [2.45, 2.75) is 6.92 Å². The lowest BCUT2D eigenvalue weighted by molar-refractivity contribution is 1.30. The molecule has 0 radical (unpaired) electrons. The zero-order valence-corrected chi connectivity index (χ0v) is 9.64. The van der Waals surface area contributed by atoms with Gasteiger partial charge in [0.2, 0.25) is 5.95 Å². The molecule has 16 heavy (non-hydrogen) atoms. The number of aromatic nitrogens is 2. The van der Waals surface area contributed by atoms with Crippen molar-refractivity contribution >= 4 is 34.0 Å². The Bertz CT molecular complexity index is 591. The van der Waals surface area contributed by atoms with Crippen LogP contribution in [0.3, 0.4) is 0 Å². The smallest absolute Gasteiger partial charge is 0.205 e. The number of aromatic amines is 1. The molecular weight excluding hydrogens is 218 g/mol. The minimum absolute atomic E-state index is 0.794. The van der Waals surface area contributed by atoms with Crippen molar-refractivity contribution in [3.8, 4) is 0 Å². The summed E-state index contributed by atoms with van der Waals surface area (Å²) in [6.45, 7) is 2.08. The SMILES string of the molecule is Cc1cscc1Nc1nc2ccccc2[nH]1. The summed E-state index contributed by atoms with van der Waals surface area (Å²) in [5.74, 6) is 0.794. The van der Waals surface area contributed by atoms with Gasteiger partial charge >= 0.3 is 0 Å². The summed E-state index contributed by atoms with van der Waals surface area (Å²) in [5, 5.41) is 7.49. The highest BCUT2D eigenvalue weighted by Crippen LogP contribution is 2.23. The van der Waals surface area contributed by atoms with Gasteiger partial charge in [0, 0.05) is 5.38 Å². The zero-order valence-electron chi connectivity index (χ0n) is 8.82. The topological polar surface area (TPSA) is 40.7 Å². The number of para-hydroxylation sites is 2. The number of thiophene rings is 1. The number of hydrogen-bond acceptors (Lipinski definition) is 3. The minimum Gasteiger partial charge on any atom is -0.325 e. The summed E-state index contributed by atoms with van der Waals surface area (Å²) in [6, 6.07) is 8.01. The predicted molar refractivity (Wildman–Crippen MR) is 68.4 cm³/mol. The Morgan fingerprint density at radius 1 is 1.25 bits per heavy atom. The van der Waals surface area contributed by atoms with Crippen LogP contribution in [0.2, 0.25) is 0 Å². The van der Waals surface area contributed by atoms with Crippen LogP contribution in [0.25, 0.3) is 11.0 Å². The number of nitrogens with zero attached hydrogens (tertiary/aromatic N) is 1. The van der Waals surface area contributed by atoms with Crippen LogP contribution in [0.1, 0.15) is 5.56 Å². The lowest BCUT2D eigenvalue weighted by atomic mass is 10.3. The first kappa shape index (κ1) is 9.42. The highest BCUT2D eigenvalue weighted by Gasteiger charge is 2.04. The van der Waals surface area contributed by atoms with E-state index in [2.05, 4.69) is 33.0 Å². The largest absolute Gasteiger partial charge is 0.325 e. The molecule has 1 aromatic carbocycles. The van der Waals surface area contributed by atoms with Crippen molar-refractivity contribution in [3.63, 3.8) is 0 Å². The lowest BCUT2D eigenvalue weighted by Gasteiger charge is -1.99. The number of imidazole rings is 1. The number of benzene rings is 1. The molecule has 0 bridgehead atoms. The first-order chi connectivity index (χ1) is 7.83. The van der Waals surface area contributed by atoms with E-state index in [9.17, 15) is 0 Å². The molecule has 0 atom stereocenters. The third-order valence-electron chi connectivity index (χ3n) is 2.50. The van der Waals surface area contributed by atoms with Gasteiger partial charge in [-0.1, -0.05) is 12.1 Å². The molecule has 0 unspecified atom stereocenters. The van der Waals surface area contributed by atoms with E-state index in [1.807, 2.05) is 24.3 Å². The molecule has 0 spiro atoms. The van der Waals surface area contributed by atoms with Crippen LogP contribution >= 0.6 is 11.3 Å². The van der Waals surface area contributed by atoms with Gasteiger partial charge < -0.3 is 10.3 Å². The summed E-state index contributed by atoms with van der Waals surface area (Å²) in [4.78, 5) is 7.71. The van der Waals surface area contributed by atoms with Gasteiger partial charge in [0.25, 0.3) is 0 Å². The normalized spacial score (nSPS) is 10.8. The fraction of sp³-hybridized carbons (Fsp3) is 0.0833. The second kappa shape index (κ2) is 3.64. The van der Waals surface area contributed by atoms with Crippen molar-refractivity contribution in [2.75, 3.05) is 5.32 Å². The zero-order chi connectivity index (χ0) is 11.0. The van der Waals surface area contributed by atoms with E-state index >= 15 is 0 Å². The number of rotatable bonds is 2. The van der Waals surface area contributed by atoms with Gasteiger partial charge in [0.05, 0.1) is 16.7 Å². The summed E-state index contributed by atoms with van der Waals surface area (Å²) >= 11 is 1.69. The van der Waals surface area contributed by atoms with Crippen LogP contribution in [-0.4, -0.2) is 9.97 Å². The molecular formula is C12H11N3S. The standard InChI is InChI=1S/C12H11N3S/c1-8-6-16-7-11(8)15-12-13-9-4-2-3-5-10(9)14-12/h2-7H,1H3,(H2,13,14,15). The van der Waals surface area contributed by atoms with Crippen LogP contribution in [0, 0.1) is 6.92 Å². The molecule has 0 saturated heterocycles. The van der Waals surface area contributed by atoms with E-state index in [4.69, 9.17) is 0 Å². The van der Waals surface area contributed by atoms with E-state index in [1.54, 1.807) is 11.3 Å². The van der Waals surface area contributed by atoms with E-state index in [0.717, 1.165) is 22.7 Å². The van der Waals surface area contributed by atoms with Crippen LogP contribution in [0.5, 0.6) is 0 Å². The van der Waals surface area contributed by atoms with Crippen molar-refractivity contribution < 1.29 is 0 Å². The second-order valence-corrected chi connectivity index (χ2v) is 4.44. The van der Waals surface area contributed by atoms with Gasteiger partial charge in [-0.05, 0) is 30.0 Å². The highest BCUT2D eigenvalue weighted by atomic mass is 32.1. The molecule has 0 aliphatic rings. The molecule has 0 amide bonds. The molecule has 80 valence electrons. The second-order valence-electron chi connectivity index (χ2n) is 3.70. The third kappa shape index (κ3) is 1.57. The fourth-order valence-electron chi connectivity index (χ4n) is 1.63. The number of aryl methyl sites for hydroxylation is 1. The average molecular weight is 229 g/mol. The summed E-state index contributed by atoms with van der Waals surface area (Å²) in [6.07, 6.45) is 0. The van der Waals surface area contributed by atoms with Gasteiger partial charge in [-0.2, -0.15) is 0 Å². The first-order valence-electron chi connectivity index (χ1n) is 5.07. The Hall–Kier alpha value is -1.81. The minimum atomic E-state index is 0.794. The third-order valence-corrected chi connectivity index (χ3v) is 3.36. The van der Waals surface area contributed by atoms with Gasteiger partial charge in [-0.15, -0.1) is 11.3 Å². The molecule has 2 N–H and O–H groups in total. The van der Waals surface area contributed by atoms with Crippen molar-refractivity contribution in [1.29, 1.82) is 0 Å². The number of hydrogen-bond donors (Lipinski definition) is 2. The van der Waals surface area contributed by atoms with Gasteiger partial charge in [0.1, 0.15) is 0 Å². The maximum Gasteiger partial charge on any atom is 0.205 e. The quantitative estimate of drug-likeness (QED) is 0.703. The van der Waals surface area contributed by atoms with Crippen LogP contribution < -0.4 is 5.32 Å². The number of H-pyrrole nitrogens is 1. The number of anilines is 2. The molecule has 3 rings (SSSR count). The first-order valence-corrected chi connectivity index (χ1v) is 6.02. The van der Waals surface area contributed by atoms with Gasteiger partial charge in [-0.3, -0.25) is 0 Å². The van der Waals surface area contributed by atoms with Crippen LogP contribution in [0.4, 0.5) is 11.6 Å². The average Bonchev–Trinajstić information content (AvgIpc) is 2.85. The molecule has 3 nitrogen and oxygen atoms in total. The van der Waals surface area contributed by atoms with E-state index in [-0.39, 0.29) is 0 Å². The summed E-state index contributed by atoms with van der Waals surface area (Å²) in [5.41, 5.74) is 4.39. The molecule has 0 fully saturated rings. The van der Waals surface area contributed by atoms with Gasteiger partial charge in [0.15, 0.2) is 0 Å². The molecule has 4 heteroatoms. The molecule has 2 aromatic heterocycles. The van der Waals surface area contributed by atoms with E-state index < -0.39 is 0 Å². The fourth-order valence-corrected chi connectivity index (χ4v) is 2.41. The van der Waals surface area contributed by atoms with Crippen LogP contribution in [-0.2, 0) is 0 Å². The van der Waals surface area contributed by atoms with E-state index in [0.29, 0.717) is 0 Å². The molecule has 0 aliphatic carbocycles. The number of fused-ring (bicyclic) bond motifs is 1. The molecule has 3 aromatic rings. The molecule has 2 heterocycles. The summed E-state index contributed by atoms with van der Waals surface area (Å²) < 4.78 is 0. The lowest BCUT2D eigenvalue weighted by Crippen LogP contribution is -1.91. The maximum absolute atomic E-state index is 4.47. The summed E-state index contributed by atoms with van der Waals surface area (Å²) in [7, 11) is 0. The van der Waals surface area contributed by atoms with Crippen molar-refractivity contribution in [2.24, 2.45) is 0 Å². The molecule has 0 aliphatic heterocycles. The predicted octanol–water partition coefficient (Wildman–Crippen LogP) is 3.68. The molecule has 0 saturated carbocycles.